The molecule has 1 aromatic carbocycles. The topological polar surface area (TPSA) is 68.5 Å². The minimum atomic E-state index is -0.393. The second-order valence-electron chi connectivity index (χ2n) is 7.30. The fraction of sp³-hybridized carbons (Fsp3) is 0.350. The van der Waals surface area contributed by atoms with Gasteiger partial charge in [-0.1, -0.05) is 32.9 Å². The number of carbonyl (C=O) groups excluding carboxylic acids is 1. The van der Waals surface area contributed by atoms with Gasteiger partial charge in [-0.05, 0) is 18.2 Å². The molecule has 1 N–H and O–H groups in total. The fourth-order valence-electron chi connectivity index (χ4n) is 2.67. The van der Waals surface area contributed by atoms with Crippen LogP contribution in [0.2, 0.25) is 0 Å². The van der Waals surface area contributed by atoms with Gasteiger partial charge < -0.3 is 10.1 Å². The van der Waals surface area contributed by atoms with Gasteiger partial charge in [-0.25, -0.2) is 13.9 Å². The van der Waals surface area contributed by atoms with Gasteiger partial charge in [0.25, 0.3) is 5.91 Å². The summed E-state index contributed by atoms with van der Waals surface area (Å²) in [6.45, 7) is 6.86. The Morgan fingerprint density at radius 2 is 2.00 bits per heavy atom. The van der Waals surface area contributed by atoms with Gasteiger partial charge >= 0.3 is 0 Å². The zero-order valence-electron chi connectivity index (χ0n) is 15.9. The lowest BCUT2D eigenvalue weighted by Crippen LogP contribution is -2.29. The summed E-state index contributed by atoms with van der Waals surface area (Å²) in [6.07, 6.45) is 0. The Hall–Kier alpha value is -2.80. The van der Waals surface area contributed by atoms with Gasteiger partial charge in [-0.2, -0.15) is 5.10 Å². The fourth-order valence-corrected chi connectivity index (χ4v) is 2.67. The number of hydrogen-bond acceptors (Lipinski definition) is 4. The Balaban J connectivity index is 2.16. The number of fused-ring (bicyclic) bond motifs is 1. The smallest absolute Gasteiger partial charge is 0.270 e. The molecule has 0 bridgehead atoms. The minimum Gasteiger partial charge on any atom is -0.383 e. The summed E-state index contributed by atoms with van der Waals surface area (Å²) in [7, 11) is 1.57. The van der Waals surface area contributed by atoms with Gasteiger partial charge in [-0.15, -0.1) is 0 Å². The Labute approximate surface area is 157 Å². The predicted octanol–water partition coefficient (Wildman–Crippen LogP) is 3.21. The Kier molecular flexibility index (Phi) is 5.23. The lowest BCUT2D eigenvalue weighted by Gasteiger charge is -2.13. The first-order chi connectivity index (χ1) is 12.8. The maximum absolute atomic E-state index is 14.3. The lowest BCUT2D eigenvalue weighted by molar-refractivity contribution is 0.0929. The first kappa shape index (κ1) is 19.0. The second kappa shape index (κ2) is 7.44. The molecule has 0 aliphatic rings. The number of rotatable bonds is 5. The van der Waals surface area contributed by atoms with Crippen LogP contribution in [0.25, 0.3) is 16.9 Å². The van der Waals surface area contributed by atoms with Crippen molar-refractivity contribution in [2.75, 3.05) is 20.3 Å². The van der Waals surface area contributed by atoms with Gasteiger partial charge in [0.2, 0.25) is 0 Å². The van der Waals surface area contributed by atoms with Crippen molar-refractivity contribution in [2.45, 2.75) is 26.2 Å². The highest BCUT2D eigenvalue weighted by Crippen LogP contribution is 2.26. The van der Waals surface area contributed by atoms with Crippen LogP contribution in [0.5, 0.6) is 0 Å². The van der Waals surface area contributed by atoms with E-state index in [4.69, 9.17) is 4.74 Å². The van der Waals surface area contributed by atoms with Gasteiger partial charge in [0, 0.05) is 30.7 Å². The average molecular weight is 370 g/mol. The molecule has 6 nitrogen and oxygen atoms in total. The van der Waals surface area contributed by atoms with Gasteiger partial charge in [0.15, 0.2) is 5.65 Å². The summed E-state index contributed by atoms with van der Waals surface area (Å²) in [5.41, 5.74) is 2.10. The highest BCUT2D eigenvalue weighted by atomic mass is 19.1. The molecule has 0 saturated carbocycles. The summed E-state index contributed by atoms with van der Waals surface area (Å²) in [5.74, 6) is -0.712. The Morgan fingerprint density at radius 3 is 2.67 bits per heavy atom. The zero-order valence-corrected chi connectivity index (χ0v) is 15.9. The number of amides is 1. The summed E-state index contributed by atoms with van der Waals surface area (Å²) in [6, 6.07) is 9.76. The van der Waals surface area contributed by atoms with Crippen LogP contribution < -0.4 is 5.32 Å². The largest absolute Gasteiger partial charge is 0.383 e. The summed E-state index contributed by atoms with van der Waals surface area (Å²) < 4.78 is 20.8. The maximum atomic E-state index is 14.3. The van der Waals surface area contributed by atoms with Crippen LogP contribution in [-0.2, 0) is 10.2 Å². The van der Waals surface area contributed by atoms with Crippen molar-refractivity contribution in [3.05, 3.63) is 53.6 Å². The SMILES string of the molecule is COCCNC(=O)c1cc(-c2ccccc2F)nc2cc(C(C)(C)C)nn12. The molecule has 0 unspecified atom stereocenters. The first-order valence-corrected chi connectivity index (χ1v) is 8.74. The standard InChI is InChI=1S/C20H23FN4O2/c1-20(2,3)17-12-18-23-15(13-7-5-6-8-14(13)21)11-16(25(18)24-17)19(26)22-9-10-27-4/h5-8,11-12H,9-10H2,1-4H3,(H,22,26). The summed E-state index contributed by atoms with van der Waals surface area (Å²) in [5, 5.41) is 7.35. The Morgan fingerprint density at radius 1 is 1.26 bits per heavy atom. The molecule has 0 atom stereocenters. The quantitative estimate of drug-likeness (QED) is 0.700. The minimum absolute atomic E-state index is 0.213. The van der Waals surface area contributed by atoms with E-state index in [0.717, 1.165) is 5.69 Å². The van der Waals surface area contributed by atoms with E-state index in [2.05, 4.69) is 15.4 Å². The molecule has 142 valence electrons. The molecular weight excluding hydrogens is 347 g/mol. The second-order valence-corrected chi connectivity index (χ2v) is 7.30. The average Bonchev–Trinajstić information content (AvgIpc) is 3.06. The third-order valence-electron chi connectivity index (χ3n) is 4.17. The first-order valence-electron chi connectivity index (χ1n) is 8.74. The lowest BCUT2D eigenvalue weighted by atomic mass is 9.93. The molecule has 2 aromatic heterocycles. The van der Waals surface area contributed by atoms with Crippen molar-refractivity contribution in [1.29, 1.82) is 0 Å². The zero-order chi connectivity index (χ0) is 19.6. The van der Waals surface area contributed by atoms with Crippen molar-refractivity contribution < 1.29 is 13.9 Å². The number of aromatic nitrogens is 3. The molecule has 0 fully saturated rings. The van der Waals surface area contributed by atoms with Crippen LogP contribution in [0.4, 0.5) is 4.39 Å². The van der Waals surface area contributed by atoms with Crippen molar-refractivity contribution in [3.63, 3.8) is 0 Å². The summed E-state index contributed by atoms with van der Waals surface area (Å²) >= 11 is 0. The maximum Gasteiger partial charge on any atom is 0.270 e. The van der Waals surface area contributed by atoms with E-state index in [-0.39, 0.29) is 11.3 Å². The Bertz CT molecular complexity index is 976. The molecule has 0 aliphatic heterocycles. The predicted molar refractivity (Wildman–Crippen MR) is 101 cm³/mol. The normalized spacial score (nSPS) is 11.7. The molecule has 0 radical (unpaired) electrons. The van der Waals surface area contributed by atoms with E-state index >= 15 is 0 Å². The molecule has 2 heterocycles. The van der Waals surface area contributed by atoms with Crippen molar-refractivity contribution in [2.24, 2.45) is 0 Å². The van der Waals surface area contributed by atoms with Crippen LogP contribution in [0, 0.1) is 5.82 Å². The number of nitrogens with one attached hydrogen (secondary N) is 1. The summed E-state index contributed by atoms with van der Waals surface area (Å²) in [4.78, 5) is 17.2. The van der Waals surface area contributed by atoms with Crippen molar-refractivity contribution >= 4 is 11.6 Å². The number of halogens is 1. The van der Waals surface area contributed by atoms with E-state index in [0.29, 0.717) is 35.8 Å². The van der Waals surface area contributed by atoms with E-state index < -0.39 is 5.82 Å². The third kappa shape index (κ3) is 3.98. The molecule has 27 heavy (non-hydrogen) atoms. The number of carbonyl (C=O) groups is 1. The van der Waals surface area contributed by atoms with Crippen molar-refractivity contribution in [3.8, 4) is 11.3 Å². The molecule has 3 aromatic rings. The molecular formula is C20H23FN4O2. The van der Waals surface area contributed by atoms with Crippen LogP contribution in [0.15, 0.2) is 36.4 Å². The van der Waals surface area contributed by atoms with Crippen molar-refractivity contribution in [1.82, 2.24) is 19.9 Å². The van der Waals surface area contributed by atoms with E-state index in [1.54, 1.807) is 31.4 Å². The van der Waals surface area contributed by atoms with E-state index in [1.165, 1.54) is 10.6 Å². The third-order valence-corrected chi connectivity index (χ3v) is 4.17. The van der Waals surface area contributed by atoms with Crippen LogP contribution in [0.1, 0.15) is 37.0 Å². The highest BCUT2D eigenvalue weighted by Gasteiger charge is 2.22. The van der Waals surface area contributed by atoms with Gasteiger partial charge in [0.1, 0.15) is 11.5 Å². The number of hydrogen-bond donors (Lipinski definition) is 1. The number of benzene rings is 1. The van der Waals surface area contributed by atoms with Gasteiger partial charge in [-0.3, -0.25) is 4.79 Å². The number of ether oxygens (including phenoxy) is 1. The molecule has 0 spiro atoms. The van der Waals surface area contributed by atoms with E-state index in [9.17, 15) is 9.18 Å². The monoisotopic (exact) mass is 370 g/mol. The molecule has 7 heteroatoms. The molecule has 3 rings (SSSR count). The van der Waals surface area contributed by atoms with Crippen LogP contribution in [-0.4, -0.2) is 40.8 Å². The van der Waals surface area contributed by atoms with E-state index in [1.807, 2.05) is 26.8 Å². The highest BCUT2D eigenvalue weighted by molar-refractivity contribution is 5.94. The molecule has 1 amide bonds. The number of methoxy groups -OCH3 is 1. The number of nitrogens with zero attached hydrogens (tertiary/aromatic N) is 3. The molecule has 0 aliphatic carbocycles. The van der Waals surface area contributed by atoms with Crippen LogP contribution >= 0.6 is 0 Å². The van der Waals surface area contributed by atoms with Crippen LogP contribution in [0.3, 0.4) is 0 Å². The molecule has 0 saturated heterocycles. The van der Waals surface area contributed by atoms with Gasteiger partial charge in [0.05, 0.1) is 18.0 Å².